The topological polar surface area (TPSA) is 99.4 Å². The number of amides is 1. The molecule has 3 heterocycles. The Balaban J connectivity index is 1.40. The maximum absolute atomic E-state index is 12.8. The molecule has 4 rings (SSSR count). The Hall–Kier alpha value is -3.88. The summed E-state index contributed by atoms with van der Waals surface area (Å²) in [5, 5.41) is 11.0. The first-order valence-corrected chi connectivity index (χ1v) is 8.99. The highest BCUT2D eigenvalue weighted by atomic mass is 16.5. The highest BCUT2D eigenvalue weighted by molar-refractivity contribution is 5.77. The first-order chi connectivity index (χ1) is 14.2. The van der Waals surface area contributed by atoms with Gasteiger partial charge in [-0.1, -0.05) is 0 Å². The third-order valence-corrected chi connectivity index (χ3v) is 4.23. The van der Waals surface area contributed by atoms with Crippen molar-refractivity contribution in [2.24, 2.45) is 0 Å². The van der Waals surface area contributed by atoms with Gasteiger partial charge in [-0.25, -0.2) is 4.68 Å². The van der Waals surface area contributed by atoms with Crippen LogP contribution in [0.3, 0.4) is 0 Å². The third kappa shape index (κ3) is 4.70. The number of carbonyl (C=O) groups is 1. The van der Waals surface area contributed by atoms with Gasteiger partial charge in [-0.3, -0.25) is 4.79 Å². The summed E-state index contributed by atoms with van der Waals surface area (Å²) < 4.78 is 18.2. The Kier molecular flexibility index (Phi) is 5.37. The highest BCUT2D eigenvalue weighted by Crippen LogP contribution is 2.16. The van der Waals surface area contributed by atoms with Gasteiger partial charge in [-0.15, -0.1) is 5.10 Å². The number of tetrazole rings is 1. The number of ether oxygens (including phenoxy) is 1. The van der Waals surface area contributed by atoms with Gasteiger partial charge in [0.15, 0.2) is 6.61 Å². The van der Waals surface area contributed by atoms with Gasteiger partial charge >= 0.3 is 0 Å². The zero-order valence-electron chi connectivity index (χ0n) is 15.8. The average Bonchev–Trinajstić information content (AvgIpc) is 3.50. The van der Waals surface area contributed by atoms with Crippen molar-refractivity contribution in [2.45, 2.75) is 20.0 Å². The predicted molar refractivity (Wildman–Crippen MR) is 101 cm³/mol. The summed E-state index contributed by atoms with van der Waals surface area (Å²) in [6.07, 6.45) is 3.08. The summed E-state index contributed by atoms with van der Waals surface area (Å²) in [5.41, 5.74) is 0.793. The molecule has 0 radical (unpaired) electrons. The van der Waals surface area contributed by atoms with Gasteiger partial charge in [0.05, 0.1) is 25.0 Å². The van der Waals surface area contributed by atoms with E-state index in [1.807, 2.05) is 37.3 Å². The van der Waals surface area contributed by atoms with E-state index in [2.05, 4.69) is 15.5 Å². The lowest BCUT2D eigenvalue weighted by Gasteiger charge is -2.21. The van der Waals surface area contributed by atoms with Crippen LogP contribution in [0.25, 0.3) is 5.69 Å². The zero-order chi connectivity index (χ0) is 20.1. The summed E-state index contributed by atoms with van der Waals surface area (Å²) in [4.78, 5) is 14.4. The lowest BCUT2D eigenvalue weighted by Crippen LogP contribution is -2.33. The fraction of sp³-hybridized carbons (Fsp3) is 0.200. The molecule has 29 heavy (non-hydrogen) atoms. The van der Waals surface area contributed by atoms with E-state index < -0.39 is 0 Å². The molecule has 0 saturated heterocycles. The summed E-state index contributed by atoms with van der Waals surface area (Å²) in [6, 6.07) is 14.5. The Morgan fingerprint density at radius 1 is 1.10 bits per heavy atom. The van der Waals surface area contributed by atoms with E-state index in [1.165, 1.54) is 11.0 Å². The number of rotatable bonds is 8. The number of carbonyl (C=O) groups excluding carboxylic acids is 1. The average molecular weight is 393 g/mol. The number of hydrogen-bond acceptors (Lipinski definition) is 7. The largest absolute Gasteiger partial charge is 0.484 e. The maximum Gasteiger partial charge on any atom is 0.261 e. The van der Waals surface area contributed by atoms with E-state index in [9.17, 15) is 4.79 Å². The van der Waals surface area contributed by atoms with E-state index in [0.29, 0.717) is 30.4 Å². The Labute approximate surface area is 166 Å². The quantitative estimate of drug-likeness (QED) is 0.454. The summed E-state index contributed by atoms with van der Waals surface area (Å²) in [6.45, 7) is 2.41. The standard InChI is InChI=1S/C20H19N5O4/c1-15-4-7-19(29-15)12-24(11-18-3-2-10-27-18)20(26)13-28-17-8-5-16(6-9-17)25-14-21-22-23-25/h2-10,14H,11-13H2,1H3. The molecule has 9 heteroatoms. The first kappa shape index (κ1) is 18.5. The molecule has 9 nitrogen and oxygen atoms in total. The molecule has 0 aliphatic carbocycles. The molecule has 0 atom stereocenters. The second kappa shape index (κ2) is 8.42. The van der Waals surface area contributed by atoms with Crippen LogP contribution in [-0.4, -0.2) is 37.6 Å². The first-order valence-electron chi connectivity index (χ1n) is 8.99. The van der Waals surface area contributed by atoms with E-state index in [4.69, 9.17) is 13.6 Å². The summed E-state index contributed by atoms with van der Waals surface area (Å²) in [5.74, 6) is 2.58. The Bertz CT molecular complexity index is 1040. The summed E-state index contributed by atoms with van der Waals surface area (Å²) >= 11 is 0. The smallest absolute Gasteiger partial charge is 0.261 e. The maximum atomic E-state index is 12.8. The fourth-order valence-electron chi connectivity index (χ4n) is 2.79. The number of nitrogens with zero attached hydrogens (tertiary/aromatic N) is 5. The molecule has 0 unspecified atom stereocenters. The van der Waals surface area contributed by atoms with Crippen molar-refractivity contribution < 1.29 is 18.4 Å². The number of aryl methyl sites for hydroxylation is 1. The van der Waals surface area contributed by atoms with Crippen molar-refractivity contribution in [3.8, 4) is 11.4 Å². The van der Waals surface area contributed by atoms with Gasteiger partial charge < -0.3 is 18.5 Å². The van der Waals surface area contributed by atoms with Crippen LogP contribution in [0.15, 0.2) is 70.0 Å². The molecular weight excluding hydrogens is 374 g/mol. The van der Waals surface area contributed by atoms with Crippen LogP contribution in [0.4, 0.5) is 0 Å². The molecule has 0 aliphatic rings. The molecular formula is C20H19N5O4. The van der Waals surface area contributed by atoms with E-state index in [0.717, 1.165) is 11.4 Å². The van der Waals surface area contributed by atoms with E-state index in [1.54, 1.807) is 29.4 Å². The number of furan rings is 2. The van der Waals surface area contributed by atoms with Crippen LogP contribution in [0, 0.1) is 6.92 Å². The van der Waals surface area contributed by atoms with Crippen LogP contribution in [-0.2, 0) is 17.9 Å². The highest BCUT2D eigenvalue weighted by Gasteiger charge is 2.18. The minimum atomic E-state index is -0.181. The van der Waals surface area contributed by atoms with Crippen molar-refractivity contribution in [1.29, 1.82) is 0 Å². The van der Waals surface area contributed by atoms with Crippen LogP contribution < -0.4 is 4.74 Å². The molecule has 4 aromatic rings. The fourth-order valence-corrected chi connectivity index (χ4v) is 2.79. The van der Waals surface area contributed by atoms with Gasteiger partial charge in [0.25, 0.3) is 5.91 Å². The molecule has 0 fully saturated rings. The predicted octanol–water partition coefficient (Wildman–Crippen LogP) is 2.76. The number of hydrogen-bond donors (Lipinski definition) is 0. The van der Waals surface area contributed by atoms with Gasteiger partial charge in [-0.05, 0) is 65.9 Å². The van der Waals surface area contributed by atoms with Gasteiger partial charge in [0.2, 0.25) is 0 Å². The second-order valence-corrected chi connectivity index (χ2v) is 6.38. The van der Waals surface area contributed by atoms with Crippen LogP contribution in [0.2, 0.25) is 0 Å². The SMILES string of the molecule is Cc1ccc(CN(Cc2ccco2)C(=O)COc2ccc(-n3cnnn3)cc2)o1. The lowest BCUT2D eigenvalue weighted by molar-refractivity contribution is -0.135. The zero-order valence-corrected chi connectivity index (χ0v) is 15.8. The molecule has 0 saturated carbocycles. The van der Waals surface area contributed by atoms with Gasteiger partial charge in [-0.2, -0.15) is 0 Å². The van der Waals surface area contributed by atoms with Crippen molar-refractivity contribution >= 4 is 5.91 Å². The van der Waals surface area contributed by atoms with E-state index >= 15 is 0 Å². The summed E-state index contributed by atoms with van der Waals surface area (Å²) in [7, 11) is 0. The molecule has 0 bridgehead atoms. The van der Waals surface area contributed by atoms with Crippen molar-refractivity contribution in [3.63, 3.8) is 0 Å². The molecule has 1 amide bonds. The lowest BCUT2D eigenvalue weighted by atomic mass is 10.3. The van der Waals surface area contributed by atoms with Crippen molar-refractivity contribution in [1.82, 2.24) is 25.1 Å². The molecule has 1 aromatic carbocycles. The molecule has 148 valence electrons. The monoisotopic (exact) mass is 393 g/mol. The Morgan fingerprint density at radius 2 is 1.93 bits per heavy atom. The van der Waals surface area contributed by atoms with Crippen molar-refractivity contribution in [2.75, 3.05) is 6.61 Å². The van der Waals surface area contributed by atoms with Crippen LogP contribution >= 0.6 is 0 Å². The molecule has 0 spiro atoms. The van der Waals surface area contributed by atoms with Crippen molar-refractivity contribution in [3.05, 3.63) is 78.4 Å². The van der Waals surface area contributed by atoms with Crippen LogP contribution in [0.1, 0.15) is 17.3 Å². The molecule has 3 aromatic heterocycles. The van der Waals surface area contributed by atoms with E-state index in [-0.39, 0.29) is 12.5 Å². The normalized spacial score (nSPS) is 10.8. The minimum Gasteiger partial charge on any atom is -0.484 e. The minimum absolute atomic E-state index is 0.107. The second-order valence-electron chi connectivity index (χ2n) is 6.38. The van der Waals surface area contributed by atoms with Gasteiger partial charge in [0, 0.05) is 0 Å². The third-order valence-electron chi connectivity index (χ3n) is 4.23. The molecule has 0 aliphatic heterocycles. The number of aromatic nitrogens is 4. The Morgan fingerprint density at radius 3 is 2.59 bits per heavy atom. The molecule has 0 N–H and O–H groups in total. The number of benzene rings is 1. The van der Waals surface area contributed by atoms with Gasteiger partial charge in [0.1, 0.15) is 29.4 Å². The van der Waals surface area contributed by atoms with Crippen LogP contribution in [0.5, 0.6) is 5.75 Å².